The highest BCUT2D eigenvalue weighted by Gasteiger charge is 2.19. The molecule has 0 radical (unpaired) electrons. The van der Waals surface area contributed by atoms with Crippen LogP contribution in [0.3, 0.4) is 0 Å². The Morgan fingerprint density at radius 3 is 2.67 bits per heavy atom. The Balaban J connectivity index is 2.52. The maximum atomic E-state index is 10.7. The van der Waals surface area contributed by atoms with Gasteiger partial charge in [0.1, 0.15) is 0 Å². The minimum atomic E-state index is -1.13. The van der Waals surface area contributed by atoms with E-state index in [1.165, 1.54) is 6.26 Å². The molecule has 0 aliphatic rings. The summed E-state index contributed by atoms with van der Waals surface area (Å²) in [7, 11) is 0. The van der Waals surface area contributed by atoms with E-state index in [4.69, 9.17) is 13.9 Å². The molecular weight excluding hydrogens is 198 g/mol. The highest BCUT2D eigenvalue weighted by atomic mass is 16.4. The molecule has 0 unspecified atom stereocenters. The monoisotopic (exact) mass is 207 g/mol. The summed E-state index contributed by atoms with van der Waals surface area (Å²) in [4.78, 5) is 14.7. The van der Waals surface area contributed by atoms with Crippen molar-refractivity contribution in [3.8, 4) is 11.7 Å². The summed E-state index contributed by atoms with van der Waals surface area (Å²) in [6, 6.07) is 1.76. The van der Waals surface area contributed by atoms with Crippen molar-refractivity contribution >= 4 is 5.97 Å². The van der Waals surface area contributed by atoms with Gasteiger partial charge < -0.3 is 13.9 Å². The Kier molecular flexibility index (Phi) is 2.07. The second kappa shape index (κ2) is 3.27. The second-order valence-electron chi connectivity index (χ2n) is 3.17. The fraction of sp³-hybridized carbons (Fsp3) is 0.200. The van der Waals surface area contributed by atoms with Crippen LogP contribution in [-0.4, -0.2) is 16.1 Å². The van der Waals surface area contributed by atoms with Gasteiger partial charge in [0.15, 0.2) is 5.76 Å². The first kappa shape index (κ1) is 9.51. The molecule has 0 saturated heterocycles. The number of aromatic nitrogens is 1. The number of hydrogen-bond acceptors (Lipinski definition) is 4. The molecule has 0 amide bonds. The molecule has 0 aromatic carbocycles. The Morgan fingerprint density at radius 2 is 2.20 bits per heavy atom. The number of rotatable bonds is 2. The van der Waals surface area contributed by atoms with Crippen molar-refractivity contribution in [3.63, 3.8) is 0 Å². The van der Waals surface area contributed by atoms with Crippen molar-refractivity contribution in [2.24, 2.45) is 0 Å². The summed E-state index contributed by atoms with van der Waals surface area (Å²) in [6.45, 7) is 3.41. The Morgan fingerprint density at radius 1 is 1.47 bits per heavy atom. The summed E-state index contributed by atoms with van der Waals surface area (Å²) in [5, 5.41) is 8.78. The van der Waals surface area contributed by atoms with Crippen molar-refractivity contribution < 1.29 is 18.7 Å². The van der Waals surface area contributed by atoms with Crippen LogP contribution in [0.5, 0.6) is 0 Å². The molecule has 0 saturated carbocycles. The van der Waals surface area contributed by atoms with Gasteiger partial charge in [-0.1, -0.05) is 0 Å². The summed E-state index contributed by atoms with van der Waals surface area (Å²) in [5.74, 6) is -0.616. The number of carbonyl (C=O) groups is 1. The van der Waals surface area contributed by atoms with Gasteiger partial charge in [-0.3, -0.25) is 0 Å². The highest BCUT2D eigenvalue weighted by Crippen LogP contribution is 2.25. The normalized spacial score (nSPS) is 10.5. The molecule has 2 aromatic heterocycles. The van der Waals surface area contributed by atoms with Crippen LogP contribution in [0.25, 0.3) is 11.7 Å². The summed E-state index contributed by atoms with van der Waals surface area (Å²) in [5.41, 5.74) is 1.20. The van der Waals surface area contributed by atoms with Gasteiger partial charge in [-0.25, -0.2) is 9.78 Å². The van der Waals surface area contributed by atoms with E-state index in [0.717, 1.165) is 5.56 Å². The van der Waals surface area contributed by atoms with E-state index in [1.54, 1.807) is 13.0 Å². The molecular formula is C10H9NO4. The first-order valence-corrected chi connectivity index (χ1v) is 4.35. The number of oxazole rings is 1. The number of carboxylic acids is 1. The van der Waals surface area contributed by atoms with E-state index in [0.29, 0.717) is 11.5 Å². The quantitative estimate of drug-likeness (QED) is 0.817. The fourth-order valence-corrected chi connectivity index (χ4v) is 1.28. The largest absolute Gasteiger partial charge is 0.475 e. The third-order valence-electron chi connectivity index (χ3n) is 2.05. The number of carboxylic acid groups (broad SMARTS) is 1. The first-order valence-electron chi connectivity index (χ1n) is 4.35. The van der Waals surface area contributed by atoms with Crippen LogP contribution < -0.4 is 0 Å². The van der Waals surface area contributed by atoms with Gasteiger partial charge in [-0.05, 0) is 19.9 Å². The van der Waals surface area contributed by atoms with Gasteiger partial charge in [-0.2, -0.15) is 0 Å². The maximum Gasteiger partial charge on any atom is 0.373 e. The molecule has 0 aliphatic carbocycles. The van der Waals surface area contributed by atoms with Crippen LogP contribution in [0.15, 0.2) is 21.2 Å². The molecule has 1 N–H and O–H groups in total. The SMILES string of the molecule is Cc1ccoc1-c1nc(C)c(C(=O)O)o1. The fourth-order valence-electron chi connectivity index (χ4n) is 1.28. The third-order valence-corrected chi connectivity index (χ3v) is 2.05. The van der Waals surface area contributed by atoms with Gasteiger partial charge in [0.2, 0.25) is 5.76 Å². The molecule has 0 fully saturated rings. The lowest BCUT2D eigenvalue weighted by Gasteiger charge is -1.89. The van der Waals surface area contributed by atoms with Gasteiger partial charge in [0, 0.05) is 5.56 Å². The number of hydrogen-bond donors (Lipinski definition) is 1. The smallest absolute Gasteiger partial charge is 0.373 e. The Bertz CT molecular complexity index is 509. The van der Waals surface area contributed by atoms with Crippen LogP contribution in [-0.2, 0) is 0 Å². The van der Waals surface area contributed by atoms with E-state index in [-0.39, 0.29) is 11.7 Å². The molecule has 2 aromatic rings. The van der Waals surface area contributed by atoms with Gasteiger partial charge in [0.25, 0.3) is 5.89 Å². The highest BCUT2D eigenvalue weighted by molar-refractivity contribution is 5.86. The van der Waals surface area contributed by atoms with Crippen LogP contribution in [0.2, 0.25) is 0 Å². The predicted molar refractivity (Wildman–Crippen MR) is 50.6 cm³/mol. The number of furan rings is 1. The maximum absolute atomic E-state index is 10.7. The Hall–Kier alpha value is -2.04. The molecule has 78 valence electrons. The minimum absolute atomic E-state index is 0.152. The lowest BCUT2D eigenvalue weighted by atomic mass is 10.3. The summed E-state index contributed by atoms with van der Waals surface area (Å²) >= 11 is 0. The average Bonchev–Trinajstić information content (AvgIpc) is 2.71. The van der Waals surface area contributed by atoms with Crippen LogP contribution in [0.4, 0.5) is 0 Å². The van der Waals surface area contributed by atoms with E-state index >= 15 is 0 Å². The molecule has 5 heteroatoms. The first-order chi connectivity index (χ1) is 7.09. The van der Waals surface area contributed by atoms with Crippen molar-refractivity contribution in [2.45, 2.75) is 13.8 Å². The van der Waals surface area contributed by atoms with Crippen LogP contribution in [0, 0.1) is 13.8 Å². The molecule has 2 heterocycles. The molecule has 5 nitrogen and oxygen atoms in total. The van der Waals surface area contributed by atoms with Crippen LogP contribution in [0.1, 0.15) is 21.8 Å². The zero-order valence-electron chi connectivity index (χ0n) is 8.27. The lowest BCUT2D eigenvalue weighted by molar-refractivity contribution is 0.0662. The summed E-state index contributed by atoms with van der Waals surface area (Å²) in [6.07, 6.45) is 1.50. The second-order valence-corrected chi connectivity index (χ2v) is 3.17. The van der Waals surface area contributed by atoms with E-state index < -0.39 is 5.97 Å². The van der Waals surface area contributed by atoms with Crippen molar-refractivity contribution in [1.29, 1.82) is 0 Å². The number of aryl methyl sites for hydroxylation is 2. The molecule has 0 atom stereocenters. The van der Waals surface area contributed by atoms with E-state index in [9.17, 15) is 4.79 Å². The topological polar surface area (TPSA) is 76.5 Å². The zero-order chi connectivity index (χ0) is 11.0. The lowest BCUT2D eigenvalue weighted by Crippen LogP contribution is -1.95. The molecule has 0 bridgehead atoms. The number of nitrogens with zero attached hydrogens (tertiary/aromatic N) is 1. The predicted octanol–water partition coefficient (Wildman–Crippen LogP) is 2.25. The van der Waals surface area contributed by atoms with Gasteiger partial charge in [-0.15, -0.1) is 0 Å². The molecule has 2 rings (SSSR count). The third kappa shape index (κ3) is 1.52. The van der Waals surface area contributed by atoms with E-state index in [1.807, 2.05) is 6.92 Å². The van der Waals surface area contributed by atoms with Gasteiger partial charge >= 0.3 is 5.97 Å². The molecule has 15 heavy (non-hydrogen) atoms. The van der Waals surface area contributed by atoms with Gasteiger partial charge in [0.05, 0.1) is 12.0 Å². The molecule has 0 aliphatic heterocycles. The molecule has 0 spiro atoms. The van der Waals surface area contributed by atoms with Crippen molar-refractivity contribution in [2.75, 3.05) is 0 Å². The summed E-state index contributed by atoms with van der Waals surface area (Å²) < 4.78 is 10.2. The Labute approximate surface area is 85.3 Å². The number of aromatic carboxylic acids is 1. The standard InChI is InChI=1S/C10H9NO4/c1-5-3-4-14-7(5)9-11-6(2)8(15-9)10(12)13/h3-4H,1-2H3,(H,12,13). The average molecular weight is 207 g/mol. The van der Waals surface area contributed by atoms with Crippen molar-refractivity contribution in [3.05, 3.63) is 29.3 Å². The van der Waals surface area contributed by atoms with Crippen molar-refractivity contribution in [1.82, 2.24) is 4.98 Å². The van der Waals surface area contributed by atoms with Crippen LogP contribution >= 0.6 is 0 Å². The minimum Gasteiger partial charge on any atom is -0.475 e. The zero-order valence-corrected chi connectivity index (χ0v) is 8.27. The van der Waals surface area contributed by atoms with E-state index in [2.05, 4.69) is 4.98 Å².